The predicted molar refractivity (Wildman–Crippen MR) is 102 cm³/mol. The fourth-order valence-electron chi connectivity index (χ4n) is 2.63. The third-order valence-electron chi connectivity index (χ3n) is 3.76. The molecule has 128 valence electrons. The molecular formula is C18H11N3O3S2. The van der Waals surface area contributed by atoms with Gasteiger partial charge in [0, 0.05) is 0 Å². The lowest BCUT2D eigenvalue weighted by Gasteiger charge is -2.09. The van der Waals surface area contributed by atoms with E-state index in [2.05, 4.69) is 15.5 Å². The zero-order valence-electron chi connectivity index (χ0n) is 13.2. The van der Waals surface area contributed by atoms with Gasteiger partial charge in [-0.2, -0.15) is 0 Å². The Morgan fingerprint density at radius 2 is 1.85 bits per heavy atom. The van der Waals surface area contributed by atoms with E-state index in [9.17, 15) is 14.7 Å². The molecule has 0 radical (unpaired) electrons. The Labute approximate surface area is 155 Å². The lowest BCUT2D eigenvalue weighted by atomic mass is 9.98. The second-order valence-electron chi connectivity index (χ2n) is 5.36. The summed E-state index contributed by atoms with van der Waals surface area (Å²) in [6, 6.07) is 14.1. The molecule has 0 aliphatic heterocycles. The summed E-state index contributed by atoms with van der Waals surface area (Å²) in [5, 5.41) is 24.5. The van der Waals surface area contributed by atoms with E-state index >= 15 is 0 Å². The molecule has 4 rings (SSSR count). The first-order chi connectivity index (χ1) is 12.6. The van der Waals surface area contributed by atoms with Crippen molar-refractivity contribution in [1.82, 2.24) is 10.2 Å². The fraction of sp³-hybridized carbons (Fsp3) is 0. The van der Waals surface area contributed by atoms with Gasteiger partial charge in [-0.1, -0.05) is 47.7 Å². The molecule has 6 nitrogen and oxygen atoms in total. The Morgan fingerprint density at radius 1 is 1.00 bits per heavy atom. The van der Waals surface area contributed by atoms with Gasteiger partial charge in [0.1, 0.15) is 0 Å². The van der Waals surface area contributed by atoms with Crippen LogP contribution in [-0.2, 0) is 0 Å². The standard InChI is InChI=1S/C18H11N3O3S2/c22-15(19-18-21-20-16(26-18)13-6-3-9-25-13)12-8-7-10-4-1-2-5-11(10)14(12)17(23)24/h1-9H,(H,23,24)(H,19,21,22). The van der Waals surface area contributed by atoms with E-state index in [4.69, 9.17) is 0 Å². The summed E-state index contributed by atoms with van der Waals surface area (Å²) >= 11 is 2.77. The van der Waals surface area contributed by atoms with Crippen molar-refractivity contribution in [2.24, 2.45) is 0 Å². The van der Waals surface area contributed by atoms with Gasteiger partial charge in [-0.3, -0.25) is 10.1 Å². The van der Waals surface area contributed by atoms with Gasteiger partial charge >= 0.3 is 5.97 Å². The number of carboxylic acid groups (broad SMARTS) is 1. The molecule has 0 atom stereocenters. The maximum absolute atomic E-state index is 12.6. The Kier molecular flexibility index (Phi) is 4.19. The number of aromatic nitrogens is 2. The SMILES string of the molecule is O=C(Nc1nnc(-c2cccs2)s1)c1ccc2ccccc2c1C(=O)O. The molecule has 2 aromatic heterocycles. The summed E-state index contributed by atoms with van der Waals surface area (Å²) in [5.41, 5.74) is 0.0627. The van der Waals surface area contributed by atoms with Gasteiger partial charge in [-0.25, -0.2) is 4.79 Å². The third-order valence-corrected chi connectivity index (χ3v) is 5.64. The van der Waals surface area contributed by atoms with Gasteiger partial charge in [-0.05, 0) is 28.3 Å². The lowest BCUT2D eigenvalue weighted by Crippen LogP contribution is -2.16. The number of hydrogen-bond acceptors (Lipinski definition) is 6. The number of carboxylic acids is 1. The largest absolute Gasteiger partial charge is 0.478 e. The molecule has 0 saturated heterocycles. The molecule has 2 heterocycles. The molecule has 0 unspecified atom stereocenters. The van der Waals surface area contributed by atoms with Gasteiger partial charge in [0.05, 0.1) is 16.0 Å². The Bertz CT molecular complexity index is 1120. The Balaban J connectivity index is 1.68. The number of hydrogen-bond donors (Lipinski definition) is 2. The quantitative estimate of drug-likeness (QED) is 0.548. The van der Waals surface area contributed by atoms with Gasteiger partial charge < -0.3 is 5.11 Å². The van der Waals surface area contributed by atoms with Crippen LogP contribution in [0.5, 0.6) is 0 Å². The molecule has 1 amide bonds. The van der Waals surface area contributed by atoms with Crippen molar-refractivity contribution in [3.8, 4) is 9.88 Å². The number of benzene rings is 2. The second kappa shape index (κ2) is 6.66. The van der Waals surface area contributed by atoms with Crippen LogP contribution in [0.4, 0.5) is 5.13 Å². The highest BCUT2D eigenvalue weighted by Gasteiger charge is 2.21. The fourth-order valence-corrected chi connectivity index (χ4v) is 4.16. The third kappa shape index (κ3) is 2.96. The molecule has 0 fully saturated rings. The molecule has 0 aliphatic rings. The summed E-state index contributed by atoms with van der Waals surface area (Å²) in [5.74, 6) is -1.68. The summed E-state index contributed by atoms with van der Waals surface area (Å²) in [6.07, 6.45) is 0. The number of fused-ring (bicyclic) bond motifs is 1. The number of carbonyl (C=O) groups excluding carboxylic acids is 1. The average Bonchev–Trinajstić information content (AvgIpc) is 3.32. The minimum atomic E-state index is -1.15. The molecule has 0 aliphatic carbocycles. The maximum Gasteiger partial charge on any atom is 0.337 e. The van der Waals surface area contributed by atoms with Gasteiger partial charge in [-0.15, -0.1) is 21.5 Å². The van der Waals surface area contributed by atoms with E-state index < -0.39 is 11.9 Å². The number of aromatic carboxylic acids is 1. The normalized spacial score (nSPS) is 10.8. The van der Waals surface area contributed by atoms with Crippen molar-refractivity contribution in [1.29, 1.82) is 0 Å². The van der Waals surface area contributed by atoms with Crippen LogP contribution in [0, 0.1) is 0 Å². The summed E-state index contributed by atoms with van der Waals surface area (Å²) < 4.78 is 0. The number of anilines is 1. The first-order valence-corrected chi connectivity index (χ1v) is 9.27. The highest BCUT2D eigenvalue weighted by Crippen LogP contribution is 2.30. The molecule has 0 bridgehead atoms. The van der Waals surface area contributed by atoms with Crippen LogP contribution in [0.1, 0.15) is 20.7 Å². The van der Waals surface area contributed by atoms with Crippen molar-refractivity contribution < 1.29 is 14.7 Å². The van der Waals surface area contributed by atoms with Crippen LogP contribution in [-0.4, -0.2) is 27.2 Å². The highest BCUT2D eigenvalue weighted by molar-refractivity contribution is 7.23. The zero-order valence-corrected chi connectivity index (χ0v) is 14.8. The summed E-state index contributed by atoms with van der Waals surface area (Å²) in [7, 11) is 0. The molecule has 4 aromatic rings. The van der Waals surface area contributed by atoms with Gasteiger partial charge in [0.15, 0.2) is 5.01 Å². The molecule has 0 saturated carbocycles. The molecule has 2 aromatic carbocycles. The lowest BCUT2D eigenvalue weighted by molar-refractivity contribution is 0.0695. The van der Waals surface area contributed by atoms with Crippen LogP contribution >= 0.6 is 22.7 Å². The van der Waals surface area contributed by atoms with Crippen LogP contribution in [0.15, 0.2) is 53.9 Å². The van der Waals surface area contributed by atoms with E-state index in [1.165, 1.54) is 28.7 Å². The zero-order chi connectivity index (χ0) is 18.1. The van der Waals surface area contributed by atoms with Crippen LogP contribution in [0.25, 0.3) is 20.7 Å². The van der Waals surface area contributed by atoms with E-state index in [-0.39, 0.29) is 11.1 Å². The molecule has 2 N–H and O–H groups in total. The Morgan fingerprint density at radius 3 is 2.62 bits per heavy atom. The van der Waals surface area contributed by atoms with Crippen LogP contribution < -0.4 is 5.32 Å². The average molecular weight is 381 g/mol. The van der Waals surface area contributed by atoms with Crippen molar-refractivity contribution in [3.63, 3.8) is 0 Å². The topological polar surface area (TPSA) is 92.2 Å². The van der Waals surface area contributed by atoms with Gasteiger partial charge in [0.2, 0.25) is 5.13 Å². The monoisotopic (exact) mass is 381 g/mol. The number of nitrogens with zero attached hydrogens (tertiary/aromatic N) is 2. The van der Waals surface area contributed by atoms with Gasteiger partial charge in [0.25, 0.3) is 5.91 Å². The summed E-state index contributed by atoms with van der Waals surface area (Å²) in [4.78, 5) is 25.4. The first-order valence-electron chi connectivity index (χ1n) is 7.57. The van der Waals surface area contributed by atoms with Crippen molar-refractivity contribution in [2.75, 3.05) is 5.32 Å². The highest BCUT2D eigenvalue weighted by atomic mass is 32.1. The molecule has 8 heteroatoms. The number of thiophene rings is 1. The van der Waals surface area contributed by atoms with E-state index in [1.54, 1.807) is 18.2 Å². The van der Waals surface area contributed by atoms with Crippen LogP contribution in [0.2, 0.25) is 0 Å². The maximum atomic E-state index is 12.6. The smallest absolute Gasteiger partial charge is 0.337 e. The summed E-state index contributed by atoms with van der Waals surface area (Å²) in [6.45, 7) is 0. The Hall–Kier alpha value is -3.10. The number of amides is 1. The minimum absolute atomic E-state index is 0.0244. The van der Waals surface area contributed by atoms with E-state index in [0.717, 1.165) is 10.3 Å². The first kappa shape index (κ1) is 16.4. The second-order valence-corrected chi connectivity index (χ2v) is 7.28. The van der Waals surface area contributed by atoms with Crippen molar-refractivity contribution >= 4 is 50.5 Å². The van der Waals surface area contributed by atoms with Crippen molar-refractivity contribution in [2.45, 2.75) is 0 Å². The number of carbonyl (C=O) groups is 2. The molecular weight excluding hydrogens is 370 g/mol. The van der Waals surface area contributed by atoms with E-state index in [1.807, 2.05) is 29.6 Å². The predicted octanol–water partition coefficient (Wildman–Crippen LogP) is 4.37. The molecule has 26 heavy (non-hydrogen) atoms. The molecule has 0 spiro atoms. The van der Waals surface area contributed by atoms with Crippen molar-refractivity contribution in [3.05, 3.63) is 65.0 Å². The minimum Gasteiger partial charge on any atom is -0.478 e. The number of nitrogens with one attached hydrogen (secondary N) is 1. The van der Waals surface area contributed by atoms with Crippen LogP contribution in [0.3, 0.4) is 0 Å². The number of rotatable bonds is 4. The van der Waals surface area contributed by atoms with E-state index in [0.29, 0.717) is 15.5 Å².